The van der Waals surface area contributed by atoms with Gasteiger partial charge in [-0.15, -0.1) is 0 Å². The number of hydrogen-bond acceptors (Lipinski definition) is 2. The average molecular weight is 279 g/mol. The van der Waals surface area contributed by atoms with Crippen LogP contribution in [0, 0.1) is 6.92 Å². The van der Waals surface area contributed by atoms with Gasteiger partial charge >= 0.3 is 6.03 Å². The Kier molecular flexibility index (Phi) is 3.44. The van der Waals surface area contributed by atoms with E-state index in [2.05, 4.69) is 21.7 Å². The Bertz CT molecular complexity index is 827. The number of fused-ring (bicyclic) bond motifs is 3. The molecule has 0 bridgehead atoms. The lowest BCUT2D eigenvalue weighted by Crippen LogP contribution is -2.28. The molecule has 0 radical (unpaired) electrons. The second-order valence-corrected chi connectivity index (χ2v) is 4.96. The number of hydrogen-bond donors (Lipinski definition) is 2. The first-order chi connectivity index (χ1) is 10.2. The number of aryl methyl sites for hydroxylation is 1. The summed E-state index contributed by atoms with van der Waals surface area (Å²) in [6.07, 6.45) is 0. The molecule has 1 heterocycles. The van der Waals surface area contributed by atoms with Gasteiger partial charge in [-0.25, -0.2) is 4.79 Å². The zero-order valence-corrected chi connectivity index (χ0v) is 12.1. The molecule has 0 saturated carbocycles. The number of urea groups is 1. The monoisotopic (exact) mass is 279 g/mol. The van der Waals surface area contributed by atoms with Crippen molar-refractivity contribution in [1.29, 1.82) is 0 Å². The van der Waals surface area contributed by atoms with E-state index in [9.17, 15) is 4.79 Å². The van der Waals surface area contributed by atoms with Crippen molar-refractivity contribution in [2.45, 2.75) is 13.8 Å². The summed E-state index contributed by atoms with van der Waals surface area (Å²) >= 11 is 0. The molecule has 0 spiro atoms. The minimum Gasteiger partial charge on any atom is -0.338 e. The Hall–Kier alpha value is -2.62. The Labute approximate surface area is 123 Å². The first-order valence-corrected chi connectivity index (χ1v) is 7.03. The third-order valence-corrected chi connectivity index (χ3v) is 3.49. The SMILES string of the molecule is CCNC(=O)Nc1ccc2c(c1)c(C)nc1ccccc12. The molecular formula is C17H17N3O. The number of nitrogens with one attached hydrogen (secondary N) is 2. The number of carbonyl (C=O) groups excluding carboxylic acids is 1. The summed E-state index contributed by atoms with van der Waals surface area (Å²) in [7, 11) is 0. The second-order valence-electron chi connectivity index (χ2n) is 4.96. The van der Waals surface area contributed by atoms with Gasteiger partial charge in [-0.05, 0) is 37.4 Å². The Morgan fingerprint density at radius 1 is 1.10 bits per heavy atom. The van der Waals surface area contributed by atoms with Crippen molar-refractivity contribution in [3.63, 3.8) is 0 Å². The van der Waals surface area contributed by atoms with Crippen LogP contribution in [0.2, 0.25) is 0 Å². The normalized spacial score (nSPS) is 10.8. The van der Waals surface area contributed by atoms with E-state index < -0.39 is 0 Å². The van der Waals surface area contributed by atoms with Crippen LogP contribution in [0.25, 0.3) is 21.7 Å². The van der Waals surface area contributed by atoms with Crippen LogP contribution >= 0.6 is 0 Å². The first kappa shape index (κ1) is 13.4. The lowest BCUT2D eigenvalue weighted by atomic mass is 10.0. The quantitative estimate of drug-likeness (QED) is 0.700. The summed E-state index contributed by atoms with van der Waals surface area (Å²) in [5.74, 6) is 0. The van der Waals surface area contributed by atoms with Gasteiger partial charge in [0.2, 0.25) is 0 Å². The summed E-state index contributed by atoms with van der Waals surface area (Å²) in [6, 6.07) is 13.8. The molecule has 2 N–H and O–H groups in total. The molecule has 3 rings (SSSR count). The zero-order valence-electron chi connectivity index (χ0n) is 12.1. The van der Waals surface area contributed by atoms with E-state index in [1.54, 1.807) is 0 Å². The Morgan fingerprint density at radius 2 is 1.90 bits per heavy atom. The van der Waals surface area contributed by atoms with Crippen molar-refractivity contribution < 1.29 is 4.79 Å². The van der Waals surface area contributed by atoms with E-state index in [0.29, 0.717) is 6.54 Å². The molecule has 0 aliphatic heterocycles. The van der Waals surface area contributed by atoms with E-state index in [4.69, 9.17) is 0 Å². The van der Waals surface area contributed by atoms with Crippen LogP contribution in [0.15, 0.2) is 42.5 Å². The molecule has 2 amide bonds. The van der Waals surface area contributed by atoms with Crippen molar-refractivity contribution in [3.05, 3.63) is 48.2 Å². The number of rotatable bonds is 2. The lowest BCUT2D eigenvalue weighted by Gasteiger charge is -2.10. The third-order valence-electron chi connectivity index (χ3n) is 3.49. The van der Waals surface area contributed by atoms with E-state index in [1.807, 2.05) is 50.2 Å². The van der Waals surface area contributed by atoms with Crippen molar-refractivity contribution in [2.24, 2.45) is 0 Å². The van der Waals surface area contributed by atoms with Gasteiger partial charge in [0, 0.05) is 28.7 Å². The maximum absolute atomic E-state index is 11.6. The minimum absolute atomic E-state index is 0.191. The van der Waals surface area contributed by atoms with Gasteiger partial charge < -0.3 is 10.6 Å². The Morgan fingerprint density at radius 3 is 2.71 bits per heavy atom. The fourth-order valence-electron chi connectivity index (χ4n) is 2.53. The molecule has 0 aliphatic rings. The third kappa shape index (κ3) is 2.52. The first-order valence-electron chi connectivity index (χ1n) is 7.03. The fraction of sp³-hybridized carbons (Fsp3) is 0.176. The second kappa shape index (κ2) is 5.40. The smallest absolute Gasteiger partial charge is 0.319 e. The van der Waals surface area contributed by atoms with Gasteiger partial charge in [-0.1, -0.05) is 24.3 Å². The molecule has 0 unspecified atom stereocenters. The maximum atomic E-state index is 11.6. The van der Waals surface area contributed by atoms with Gasteiger partial charge in [0.1, 0.15) is 0 Å². The number of aromatic nitrogens is 1. The maximum Gasteiger partial charge on any atom is 0.319 e. The molecule has 0 saturated heterocycles. The summed E-state index contributed by atoms with van der Waals surface area (Å²) in [4.78, 5) is 16.2. The average Bonchev–Trinajstić information content (AvgIpc) is 2.48. The molecule has 4 heteroatoms. The molecule has 0 atom stereocenters. The van der Waals surface area contributed by atoms with Crippen molar-refractivity contribution in [2.75, 3.05) is 11.9 Å². The van der Waals surface area contributed by atoms with Gasteiger partial charge in [0.05, 0.1) is 5.52 Å². The van der Waals surface area contributed by atoms with Crippen LogP contribution < -0.4 is 10.6 Å². The van der Waals surface area contributed by atoms with Crippen LogP contribution in [0.1, 0.15) is 12.6 Å². The van der Waals surface area contributed by atoms with Crippen molar-refractivity contribution in [3.8, 4) is 0 Å². The zero-order chi connectivity index (χ0) is 14.8. The van der Waals surface area contributed by atoms with Crippen LogP contribution in [0.4, 0.5) is 10.5 Å². The molecule has 0 fully saturated rings. The Balaban J connectivity index is 2.11. The molecule has 3 aromatic rings. The number of pyridine rings is 1. The number of para-hydroxylation sites is 1. The predicted molar refractivity (Wildman–Crippen MR) is 86.7 cm³/mol. The lowest BCUT2D eigenvalue weighted by molar-refractivity contribution is 0.252. The summed E-state index contributed by atoms with van der Waals surface area (Å²) in [5.41, 5.74) is 2.73. The molecule has 0 aliphatic carbocycles. The minimum atomic E-state index is -0.191. The highest BCUT2D eigenvalue weighted by Gasteiger charge is 2.07. The highest BCUT2D eigenvalue weighted by atomic mass is 16.2. The number of benzene rings is 2. The van der Waals surface area contributed by atoms with E-state index >= 15 is 0 Å². The topological polar surface area (TPSA) is 54.0 Å². The van der Waals surface area contributed by atoms with Crippen molar-refractivity contribution in [1.82, 2.24) is 10.3 Å². The molecule has 21 heavy (non-hydrogen) atoms. The number of amides is 2. The van der Waals surface area contributed by atoms with Crippen molar-refractivity contribution >= 4 is 33.4 Å². The van der Waals surface area contributed by atoms with Crippen LogP contribution in [0.5, 0.6) is 0 Å². The van der Waals surface area contributed by atoms with Gasteiger partial charge in [0.25, 0.3) is 0 Å². The van der Waals surface area contributed by atoms with Crippen LogP contribution in [-0.4, -0.2) is 17.6 Å². The number of anilines is 1. The van der Waals surface area contributed by atoms with Crippen LogP contribution in [0.3, 0.4) is 0 Å². The molecule has 106 valence electrons. The van der Waals surface area contributed by atoms with Gasteiger partial charge in [0.15, 0.2) is 0 Å². The molecule has 1 aromatic heterocycles. The predicted octanol–water partition coefficient (Wildman–Crippen LogP) is 3.84. The number of carbonyl (C=O) groups is 1. The summed E-state index contributed by atoms with van der Waals surface area (Å²) in [5, 5.41) is 8.89. The molecule has 4 nitrogen and oxygen atoms in total. The fourth-order valence-corrected chi connectivity index (χ4v) is 2.53. The largest absolute Gasteiger partial charge is 0.338 e. The summed E-state index contributed by atoms with van der Waals surface area (Å²) in [6.45, 7) is 4.48. The number of nitrogens with zero attached hydrogens (tertiary/aromatic N) is 1. The van der Waals surface area contributed by atoms with Crippen LogP contribution in [-0.2, 0) is 0 Å². The highest BCUT2D eigenvalue weighted by molar-refractivity contribution is 6.08. The summed E-state index contributed by atoms with van der Waals surface area (Å²) < 4.78 is 0. The van der Waals surface area contributed by atoms with E-state index in [0.717, 1.165) is 33.1 Å². The standard InChI is InChI=1S/C17H17N3O/c1-3-18-17(21)20-12-8-9-13-14-6-4-5-7-16(14)19-11(2)15(13)10-12/h4-10H,3H2,1-2H3,(H2,18,20,21). The molecule has 2 aromatic carbocycles. The van der Waals surface area contributed by atoms with E-state index in [1.165, 1.54) is 0 Å². The van der Waals surface area contributed by atoms with Gasteiger partial charge in [-0.3, -0.25) is 4.98 Å². The van der Waals surface area contributed by atoms with E-state index in [-0.39, 0.29) is 6.03 Å². The van der Waals surface area contributed by atoms with Gasteiger partial charge in [-0.2, -0.15) is 0 Å². The molecular weight excluding hydrogens is 262 g/mol. The highest BCUT2D eigenvalue weighted by Crippen LogP contribution is 2.28.